The van der Waals surface area contributed by atoms with Crippen LogP contribution in [0, 0.1) is 22.7 Å². The second-order valence-electron chi connectivity index (χ2n) is 4.30. The Morgan fingerprint density at radius 2 is 1.81 bits per heavy atom. The molecule has 0 radical (unpaired) electrons. The normalized spacial score (nSPS) is 10.0. The maximum Gasteiger partial charge on any atom is 0.247 e. The highest BCUT2D eigenvalue weighted by molar-refractivity contribution is 5.87. The van der Waals surface area contributed by atoms with Crippen LogP contribution in [0.3, 0.4) is 0 Å². The van der Waals surface area contributed by atoms with Crippen molar-refractivity contribution >= 4 is 16.7 Å². The maximum absolute atomic E-state index is 9.16. The number of fused-ring (bicyclic) bond motifs is 1. The number of hydrogen-bond acceptors (Lipinski definition) is 5. The van der Waals surface area contributed by atoms with Crippen molar-refractivity contribution in [2.75, 3.05) is 5.73 Å². The van der Waals surface area contributed by atoms with Crippen LogP contribution in [0.2, 0.25) is 0 Å². The van der Waals surface area contributed by atoms with Crippen LogP contribution in [0.25, 0.3) is 11.0 Å². The number of para-hydroxylation sites is 2. The third-order valence-electron chi connectivity index (χ3n) is 3.05. The molecule has 2 aromatic carbocycles. The van der Waals surface area contributed by atoms with Gasteiger partial charge in [0.25, 0.3) is 0 Å². The Balaban J connectivity index is 2.15. The van der Waals surface area contributed by atoms with Crippen LogP contribution in [0.15, 0.2) is 46.9 Å². The highest BCUT2D eigenvalue weighted by atomic mass is 16.5. The summed E-state index contributed by atoms with van der Waals surface area (Å²) < 4.78 is 11.2. The first-order chi connectivity index (χ1) is 10.2. The summed E-state index contributed by atoms with van der Waals surface area (Å²) in [4.78, 5) is 0. The largest absolute Gasteiger partial charge is 0.450 e. The number of hydrogen-bond donors (Lipinski definition) is 1. The molecule has 0 saturated carbocycles. The second-order valence-corrected chi connectivity index (χ2v) is 4.30. The van der Waals surface area contributed by atoms with E-state index in [1.165, 1.54) is 0 Å². The molecule has 2 N–H and O–H groups in total. The molecular formula is C16H9N3O2. The predicted molar refractivity (Wildman–Crippen MR) is 76.6 cm³/mol. The molecule has 3 rings (SSSR count). The molecule has 1 heterocycles. The van der Waals surface area contributed by atoms with Gasteiger partial charge in [-0.2, -0.15) is 10.5 Å². The zero-order valence-electron chi connectivity index (χ0n) is 10.8. The molecule has 0 unspecified atom stereocenters. The van der Waals surface area contributed by atoms with Gasteiger partial charge in [0, 0.05) is 0 Å². The van der Waals surface area contributed by atoms with Crippen LogP contribution in [-0.4, -0.2) is 0 Å². The van der Waals surface area contributed by atoms with Crippen molar-refractivity contribution in [3.8, 4) is 23.6 Å². The van der Waals surface area contributed by atoms with Crippen LogP contribution in [-0.2, 0) is 0 Å². The maximum atomic E-state index is 9.16. The number of nitrogens with zero attached hydrogens (tertiary/aromatic N) is 2. The van der Waals surface area contributed by atoms with E-state index in [4.69, 9.17) is 25.4 Å². The highest BCUT2D eigenvalue weighted by Crippen LogP contribution is 2.38. The molecule has 5 nitrogen and oxygen atoms in total. The van der Waals surface area contributed by atoms with E-state index in [0.29, 0.717) is 28.0 Å². The van der Waals surface area contributed by atoms with Gasteiger partial charge in [0.1, 0.15) is 17.7 Å². The molecule has 0 aliphatic heterocycles. The molecule has 0 atom stereocenters. The topological polar surface area (TPSA) is 96.0 Å². The summed E-state index contributed by atoms with van der Waals surface area (Å²) in [5.41, 5.74) is 6.99. The van der Waals surface area contributed by atoms with E-state index in [9.17, 15) is 0 Å². The van der Waals surface area contributed by atoms with E-state index in [2.05, 4.69) is 0 Å². The van der Waals surface area contributed by atoms with Gasteiger partial charge in [-0.25, -0.2) is 0 Å². The summed E-state index contributed by atoms with van der Waals surface area (Å²) in [5.74, 6) is 0.685. The molecule has 0 saturated heterocycles. The fourth-order valence-electron chi connectivity index (χ4n) is 2.04. The van der Waals surface area contributed by atoms with Crippen molar-refractivity contribution in [2.45, 2.75) is 0 Å². The van der Waals surface area contributed by atoms with Crippen molar-refractivity contribution in [3.63, 3.8) is 0 Å². The average molecular weight is 275 g/mol. The summed E-state index contributed by atoms with van der Waals surface area (Å²) >= 11 is 0. The van der Waals surface area contributed by atoms with Crippen LogP contribution >= 0.6 is 0 Å². The molecule has 0 bridgehead atoms. The first kappa shape index (κ1) is 12.6. The Hall–Kier alpha value is -3.44. The summed E-state index contributed by atoms with van der Waals surface area (Å²) in [6.45, 7) is 0. The van der Waals surface area contributed by atoms with Gasteiger partial charge in [0.05, 0.1) is 16.6 Å². The summed E-state index contributed by atoms with van der Waals surface area (Å²) in [6, 6.07) is 16.0. The molecule has 0 fully saturated rings. The lowest BCUT2D eigenvalue weighted by atomic mass is 10.2. The molecule has 0 aliphatic carbocycles. The van der Waals surface area contributed by atoms with Crippen molar-refractivity contribution in [1.29, 1.82) is 10.5 Å². The van der Waals surface area contributed by atoms with E-state index < -0.39 is 0 Å². The standard InChI is InChI=1S/C16H9N3O2/c17-8-10-4-3-7-13(15(10)19)21-16-11-5-1-2-6-12(11)20-14(16)9-18/h1-7H,19H2. The number of ether oxygens (including phenoxy) is 1. The first-order valence-electron chi connectivity index (χ1n) is 6.12. The van der Waals surface area contributed by atoms with Crippen LogP contribution in [0.5, 0.6) is 11.5 Å². The molecular weight excluding hydrogens is 266 g/mol. The van der Waals surface area contributed by atoms with Gasteiger partial charge in [-0.05, 0) is 24.3 Å². The number of nitrogen functional groups attached to an aromatic ring is 1. The molecule has 3 aromatic rings. The SMILES string of the molecule is N#Cc1cccc(Oc2c(C#N)oc3ccccc23)c1N. The summed E-state index contributed by atoms with van der Waals surface area (Å²) in [5, 5.41) is 18.8. The zero-order chi connectivity index (χ0) is 14.8. The fraction of sp³-hybridized carbons (Fsp3) is 0. The van der Waals surface area contributed by atoms with Crippen LogP contribution in [0.4, 0.5) is 5.69 Å². The van der Waals surface area contributed by atoms with Crippen molar-refractivity contribution in [3.05, 3.63) is 53.8 Å². The number of benzene rings is 2. The van der Waals surface area contributed by atoms with Gasteiger partial charge in [0.15, 0.2) is 11.5 Å². The molecule has 100 valence electrons. The minimum Gasteiger partial charge on any atom is -0.450 e. The average Bonchev–Trinajstić information content (AvgIpc) is 2.87. The number of rotatable bonds is 2. The fourth-order valence-corrected chi connectivity index (χ4v) is 2.04. The lowest BCUT2D eigenvalue weighted by Crippen LogP contribution is -1.95. The minimum atomic E-state index is 0.0676. The van der Waals surface area contributed by atoms with Gasteiger partial charge in [-0.3, -0.25) is 0 Å². The number of nitrogens with two attached hydrogens (primary N) is 1. The molecule has 0 amide bonds. The number of nitriles is 2. The molecule has 1 aromatic heterocycles. The van der Waals surface area contributed by atoms with E-state index in [-0.39, 0.29) is 11.4 Å². The molecule has 0 aliphatic rings. The molecule has 21 heavy (non-hydrogen) atoms. The Bertz CT molecular complexity index is 913. The third-order valence-corrected chi connectivity index (χ3v) is 3.05. The third kappa shape index (κ3) is 2.03. The van der Waals surface area contributed by atoms with E-state index >= 15 is 0 Å². The highest BCUT2D eigenvalue weighted by Gasteiger charge is 2.17. The van der Waals surface area contributed by atoms with Crippen molar-refractivity contribution < 1.29 is 9.15 Å². The summed E-state index contributed by atoms with van der Waals surface area (Å²) in [7, 11) is 0. The van der Waals surface area contributed by atoms with Gasteiger partial charge in [-0.1, -0.05) is 18.2 Å². The lowest BCUT2D eigenvalue weighted by molar-refractivity contribution is 0.469. The van der Waals surface area contributed by atoms with Crippen molar-refractivity contribution in [2.24, 2.45) is 0 Å². The van der Waals surface area contributed by atoms with Gasteiger partial charge >= 0.3 is 0 Å². The van der Waals surface area contributed by atoms with Crippen molar-refractivity contribution in [1.82, 2.24) is 0 Å². The van der Waals surface area contributed by atoms with Gasteiger partial charge < -0.3 is 14.9 Å². The Kier molecular flexibility index (Phi) is 2.95. The van der Waals surface area contributed by atoms with Crippen LogP contribution < -0.4 is 10.5 Å². The Morgan fingerprint density at radius 1 is 1.00 bits per heavy atom. The molecule has 5 heteroatoms. The van der Waals surface area contributed by atoms with E-state index in [1.807, 2.05) is 18.2 Å². The monoisotopic (exact) mass is 275 g/mol. The second kappa shape index (κ2) is 4.92. The smallest absolute Gasteiger partial charge is 0.247 e. The quantitative estimate of drug-likeness (QED) is 0.721. The first-order valence-corrected chi connectivity index (χ1v) is 6.12. The van der Waals surface area contributed by atoms with Gasteiger partial charge in [-0.15, -0.1) is 0 Å². The zero-order valence-corrected chi connectivity index (χ0v) is 10.8. The van der Waals surface area contributed by atoms with Gasteiger partial charge in [0.2, 0.25) is 5.76 Å². The summed E-state index contributed by atoms with van der Waals surface area (Å²) in [6.07, 6.45) is 0. The lowest BCUT2D eigenvalue weighted by Gasteiger charge is -2.08. The van der Waals surface area contributed by atoms with E-state index in [1.54, 1.807) is 36.4 Å². The minimum absolute atomic E-state index is 0.0676. The Labute approximate surface area is 120 Å². The number of anilines is 1. The Morgan fingerprint density at radius 3 is 2.57 bits per heavy atom. The predicted octanol–water partition coefficient (Wildman–Crippen LogP) is 3.55. The van der Waals surface area contributed by atoms with Crippen LogP contribution in [0.1, 0.15) is 11.3 Å². The number of furan rings is 1. The van der Waals surface area contributed by atoms with E-state index in [0.717, 1.165) is 0 Å². The molecule has 0 spiro atoms.